The molecular formula is C7H8N4OS. The number of nitrogens with one attached hydrogen (secondary N) is 1. The number of pyridine rings is 1. The highest BCUT2D eigenvalue weighted by molar-refractivity contribution is 7.79. The van der Waals surface area contributed by atoms with E-state index in [-0.39, 0.29) is 5.84 Å². The average Bonchev–Trinajstić information content (AvgIpc) is 2.17. The maximum Gasteiger partial charge on any atom is 0.330 e. The van der Waals surface area contributed by atoms with Crippen molar-refractivity contribution in [2.75, 3.05) is 0 Å². The number of amides is 2. The van der Waals surface area contributed by atoms with Crippen molar-refractivity contribution in [2.24, 2.45) is 5.73 Å². The van der Waals surface area contributed by atoms with Gasteiger partial charge in [0, 0.05) is 18.0 Å². The van der Waals surface area contributed by atoms with E-state index in [1.54, 1.807) is 12.1 Å². The lowest BCUT2D eigenvalue weighted by atomic mass is 10.2. The van der Waals surface area contributed by atoms with E-state index in [1.165, 1.54) is 12.4 Å². The third kappa shape index (κ3) is 2.19. The molecule has 0 bridgehead atoms. The van der Waals surface area contributed by atoms with Gasteiger partial charge in [-0.05, 0) is 12.1 Å². The zero-order valence-corrected chi connectivity index (χ0v) is 7.53. The number of rotatable bonds is 1. The fourth-order valence-electron chi connectivity index (χ4n) is 0.742. The van der Waals surface area contributed by atoms with Crippen LogP contribution in [0.2, 0.25) is 0 Å². The molecule has 1 aromatic rings. The molecule has 3 N–H and O–H groups in total. The fraction of sp³-hybridized carbons (Fsp3) is 0. The lowest BCUT2D eigenvalue weighted by Gasteiger charge is -2.12. The Hall–Kier alpha value is -1.56. The van der Waals surface area contributed by atoms with Crippen LogP contribution in [0.5, 0.6) is 0 Å². The number of thiol groups is 1. The molecule has 0 aliphatic carbocycles. The van der Waals surface area contributed by atoms with Gasteiger partial charge in [-0.3, -0.25) is 10.4 Å². The Morgan fingerprint density at radius 1 is 1.54 bits per heavy atom. The molecule has 2 amide bonds. The van der Waals surface area contributed by atoms with Gasteiger partial charge in [0.05, 0.1) is 0 Å². The standard InChI is InChI=1S/C7H8N4OS/c8-6(11(13)7(9)12)5-1-3-10-4-2-5/h1-4,8,13H,(H2,9,12). The first kappa shape index (κ1) is 9.53. The van der Waals surface area contributed by atoms with Gasteiger partial charge in [-0.2, -0.15) is 0 Å². The minimum atomic E-state index is -0.787. The zero-order chi connectivity index (χ0) is 9.84. The molecular weight excluding hydrogens is 188 g/mol. The molecule has 0 aromatic carbocycles. The molecule has 0 aliphatic heterocycles. The number of urea groups is 1. The number of primary amides is 1. The van der Waals surface area contributed by atoms with Crippen molar-refractivity contribution in [2.45, 2.75) is 0 Å². The molecule has 6 heteroatoms. The Balaban J connectivity index is 2.86. The SMILES string of the molecule is N=C(c1ccncc1)N(S)C(N)=O. The normalized spacial score (nSPS) is 9.31. The van der Waals surface area contributed by atoms with Crippen molar-refractivity contribution in [3.63, 3.8) is 0 Å². The topological polar surface area (TPSA) is 83.1 Å². The van der Waals surface area contributed by atoms with Crippen LogP contribution in [0, 0.1) is 5.41 Å². The van der Waals surface area contributed by atoms with Crippen molar-refractivity contribution >= 4 is 24.7 Å². The molecule has 1 heterocycles. The van der Waals surface area contributed by atoms with Crippen LogP contribution < -0.4 is 5.73 Å². The third-order valence-corrected chi connectivity index (χ3v) is 1.77. The smallest absolute Gasteiger partial charge is 0.330 e. The fourth-order valence-corrected chi connectivity index (χ4v) is 0.858. The maximum absolute atomic E-state index is 10.6. The molecule has 13 heavy (non-hydrogen) atoms. The Labute approximate surface area is 80.6 Å². The predicted octanol–water partition coefficient (Wildman–Crippen LogP) is 0.632. The highest BCUT2D eigenvalue weighted by atomic mass is 32.1. The molecule has 0 saturated carbocycles. The maximum atomic E-state index is 10.6. The minimum Gasteiger partial charge on any atom is -0.350 e. The van der Waals surface area contributed by atoms with Crippen LogP contribution >= 0.6 is 12.8 Å². The second-order valence-corrected chi connectivity index (χ2v) is 2.63. The summed E-state index contributed by atoms with van der Waals surface area (Å²) < 4.78 is 0.759. The first-order valence-corrected chi connectivity index (χ1v) is 3.80. The lowest BCUT2D eigenvalue weighted by molar-refractivity contribution is 0.244. The van der Waals surface area contributed by atoms with Gasteiger partial charge < -0.3 is 5.73 Å². The van der Waals surface area contributed by atoms with Crippen LogP contribution in [0.25, 0.3) is 0 Å². The Bertz CT molecular complexity index is 327. The van der Waals surface area contributed by atoms with Gasteiger partial charge in [0.15, 0.2) is 0 Å². The first-order chi connectivity index (χ1) is 6.13. The van der Waals surface area contributed by atoms with E-state index in [4.69, 9.17) is 11.1 Å². The van der Waals surface area contributed by atoms with Crippen LogP contribution in [0.4, 0.5) is 4.79 Å². The summed E-state index contributed by atoms with van der Waals surface area (Å²) in [4.78, 5) is 14.4. The monoisotopic (exact) mass is 196 g/mol. The first-order valence-electron chi connectivity index (χ1n) is 3.40. The van der Waals surface area contributed by atoms with Crippen molar-refractivity contribution in [1.82, 2.24) is 9.29 Å². The molecule has 0 saturated heterocycles. The van der Waals surface area contributed by atoms with E-state index in [9.17, 15) is 4.79 Å². The van der Waals surface area contributed by atoms with Crippen LogP contribution in [0.3, 0.4) is 0 Å². The summed E-state index contributed by atoms with van der Waals surface area (Å²) in [6.45, 7) is 0. The van der Waals surface area contributed by atoms with Crippen LogP contribution in [-0.2, 0) is 0 Å². The Kier molecular flexibility index (Phi) is 2.86. The lowest BCUT2D eigenvalue weighted by Crippen LogP contribution is -2.33. The van der Waals surface area contributed by atoms with Crippen LogP contribution in [0.1, 0.15) is 5.56 Å². The summed E-state index contributed by atoms with van der Waals surface area (Å²) >= 11 is 3.75. The number of carbonyl (C=O) groups is 1. The number of nitrogens with two attached hydrogens (primary N) is 1. The second-order valence-electron chi connectivity index (χ2n) is 2.23. The third-order valence-electron chi connectivity index (χ3n) is 1.37. The summed E-state index contributed by atoms with van der Waals surface area (Å²) in [5.74, 6) is -0.0711. The van der Waals surface area contributed by atoms with Gasteiger partial charge >= 0.3 is 6.03 Å². The highest BCUT2D eigenvalue weighted by Gasteiger charge is 2.12. The molecule has 0 fully saturated rings. The van der Waals surface area contributed by atoms with Gasteiger partial charge in [0.2, 0.25) is 0 Å². The molecule has 68 valence electrons. The van der Waals surface area contributed by atoms with Crippen molar-refractivity contribution < 1.29 is 4.79 Å². The molecule has 1 rings (SSSR count). The Morgan fingerprint density at radius 2 is 2.08 bits per heavy atom. The number of aromatic nitrogens is 1. The van der Waals surface area contributed by atoms with Crippen LogP contribution in [0.15, 0.2) is 24.5 Å². The van der Waals surface area contributed by atoms with E-state index in [0.717, 1.165) is 4.31 Å². The van der Waals surface area contributed by atoms with Gasteiger partial charge in [-0.25, -0.2) is 9.10 Å². The van der Waals surface area contributed by atoms with Gasteiger partial charge in [0.1, 0.15) is 5.84 Å². The highest BCUT2D eigenvalue weighted by Crippen LogP contribution is 2.04. The molecule has 0 atom stereocenters. The van der Waals surface area contributed by atoms with Crippen molar-refractivity contribution in [3.05, 3.63) is 30.1 Å². The van der Waals surface area contributed by atoms with E-state index < -0.39 is 6.03 Å². The number of carbonyl (C=O) groups excluding carboxylic acids is 1. The van der Waals surface area contributed by atoms with Crippen LogP contribution in [-0.4, -0.2) is 21.2 Å². The van der Waals surface area contributed by atoms with E-state index in [2.05, 4.69) is 17.8 Å². The van der Waals surface area contributed by atoms with Crippen molar-refractivity contribution in [3.8, 4) is 0 Å². The average molecular weight is 196 g/mol. The van der Waals surface area contributed by atoms with Gasteiger partial charge in [-0.15, -0.1) is 0 Å². The summed E-state index contributed by atoms with van der Waals surface area (Å²) in [6, 6.07) is 2.40. The molecule has 0 radical (unpaired) electrons. The zero-order valence-electron chi connectivity index (χ0n) is 6.64. The Morgan fingerprint density at radius 3 is 2.54 bits per heavy atom. The largest absolute Gasteiger partial charge is 0.350 e. The summed E-state index contributed by atoms with van der Waals surface area (Å²) in [5, 5.41) is 7.49. The van der Waals surface area contributed by atoms with E-state index in [1.807, 2.05) is 0 Å². The minimum absolute atomic E-state index is 0.0711. The number of hydrogen-bond acceptors (Lipinski definition) is 4. The summed E-state index contributed by atoms with van der Waals surface area (Å²) in [6.07, 6.45) is 3.04. The molecule has 0 aliphatic rings. The predicted molar refractivity (Wildman–Crippen MR) is 51.5 cm³/mol. The number of amidine groups is 1. The number of nitrogens with zero attached hydrogens (tertiary/aromatic N) is 2. The van der Waals surface area contributed by atoms with E-state index >= 15 is 0 Å². The van der Waals surface area contributed by atoms with Gasteiger partial charge in [-0.1, -0.05) is 12.8 Å². The summed E-state index contributed by atoms with van der Waals surface area (Å²) in [5.41, 5.74) is 5.46. The molecule has 5 nitrogen and oxygen atoms in total. The molecule has 0 spiro atoms. The number of hydrogen-bond donors (Lipinski definition) is 3. The molecule has 1 aromatic heterocycles. The second kappa shape index (κ2) is 3.90. The van der Waals surface area contributed by atoms with E-state index in [0.29, 0.717) is 5.56 Å². The summed E-state index contributed by atoms with van der Waals surface area (Å²) in [7, 11) is 0. The molecule has 0 unspecified atom stereocenters. The quantitative estimate of drug-likeness (QED) is 0.350. The van der Waals surface area contributed by atoms with Gasteiger partial charge in [0.25, 0.3) is 0 Å². The van der Waals surface area contributed by atoms with Crippen molar-refractivity contribution in [1.29, 1.82) is 5.41 Å².